The van der Waals surface area contributed by atoms with Gasteiger partial charge < -0.3 is 10.2 Å². The van der Waals surface area contributed by atoms with Gasteiger partial charge in [-0.1, -0.05) is 0 Å². The molecular weight excluding hydrogens is 247 g/mol. The van der Waals surface area contributed by atoms with E-state index in [1.807, 2.05) is 13.8 Å². The summed E-state index contributed by atoms with van der Waals surface area (Å²) in [6, 6.07) is 5.29. The highest BCUT2D eigenvalue weighted by molar-refractivity contribution is 5.94. The third-order valence-corrected chi connectivity index (χ3v) is 2.85. The molecule has 1 aromatic carbocycles. The molecule has 0 saturated carbocycles. The molecule has 0 radical (unpaired) electrons. The summed E-state index contributed by atoms with van der Waals surface area (Å²) < 4.78 is 12.7. The Morgan fingerprint density at radius 1 is 1.16 bits per heavy atom. The van der Waals surface area contributed by atoms with E-state index in [2.05, 4.69) is 5.32 Å². The van der Waals surface area contributed by atoms with Crippen LogP contribution in [0.2, 0.25) is 0 Å². The van der Waals surface area contributed by atoms with Gasteiger partial charge >= 0.3 is 0 Å². The van der Waals surface area contributed by atoms with Crippen LogP contribution in [0.15, 0.2) is 24.3 Å². The topological polar surface area (TPSA) is 49.4 Å². The molecule has 4 nitrogen and oxygen atoms in total. The molecule has 0 aliphatic heterocycles. The number of carbonyl (C=O) groups excluding carboxylic acids is 2. The quantitative estimate of drug-likeness (QED) is 0.853. The van der Waals surface area contributed by atoms with Crippen LogP contribution in [0.3, 0.4) is 0 Å². The molecule has 19 heavy (non-hydrogen) atoms. The Morgan fingerprint density at radius 2 is 1.74 bits per heavy atom. The summed E-state index contributed by atoms with van der Waals surface area (Å²) in [7, 11) is 0. The molecule has 1 aromatic rings. The number of nitrogens with one attached hydrogen (secondary N) is 1. The number of amides is 2. The van der Waals surface area contributed by atoms with Crippen molar-refractivity contribution in [1.82, 2.24) is 10.2 Å². The fourth-order valence-electron chi connectivity index (χ4n) is 1.72. The summed E-state index contributed by atoms with van der Waals surface area (Å²) in [5.74, 6) is -0.662. The van der Waals surface area contributed by atoms with Gasteiger partial charge in [0.25, 0.3) is 5.91 Å². The number of carbonyl (C=O) groups is 2. The molecule has 0 spiro atoms. The molecule has 0 bridgehead atoms. The molecule has 0 unspecified atom stereocenters. The molecule has 5 heteroatoms. The van der Waals surface area contributed by atoms with E-state index in [1.165, 1.54) is 24.3 Å². The minimum absolute atomic E-state index is 0.0180. The molecule has 0 fully saturated rings. The summed E-state index contributed by atoms with van der Waals surface area (Å²) in [4.78, 5) is 25.1. The van der Waals surface area contributed by atoms with Crippen LogP contribution in [-0.4, -0.2) is 36.3 Å². The fraction of sp³-hybridized carbons (Fsp3) is 0.429. The van der Waals surface area contributed by atoms with Crippen LogP contribution in [0.5, 0.6) is 0 Å². The smallest absolute Gasteiger partial charge is 0.251 e. The van der Waals surface area contributed by atoms with E-state index in [-0.39, 0.29) is 30.6 Å². The highest BCUT2D eigenvalue weighted by Gasteiger charge is 2.10. The predicted molar refractivity (Wildman–Crippen MR) is 71.3 cm³/mol. The van der Waals surface area contributed by atoms with Crippen LogP contribution in [-0.2, 0) is 4.79 Å². The van der Waals surface area contributed by atoms with Crippen LogP contribution in [0, 0.1) is 5.82 Å². The lowest BCUT2D eigenvalue weighted by molar-refractivity contribution is -0.130. The van der Waals surface area contributed by atoms with Crippen molar-refractivity contribution in [3.05, 3.63) is 35.6 Å². The number of benzene rings is 1. The molecule has 0 atom stereocenters. The van der Waals surface area contributed by atoms with Crippen molar-refractivity contribution in [2.45, 2.75) is 20.3 Å². The normalized spacial score (nSPS) is 10.1. The monoisotopic (exact) mass is 266 g/mol. The van der Waals surface area contributed by atoms with E-state index in [0.717, 1.165) is 0 Å². The average Bonchev–Trinajstić information content (AvgIpc) is 2.40. The van der Waals surface area contributed by atoms with E-state index in [1.54, 1.807) is 4.90 Å². The second-order valence-electron chi connectivity index (χ2n) is 4.08. The third-order valence-electron chi connectivity index (χ3n) is 2.85. The van der Waals surface area contributed by atoms with Crippen molar-refractivity contribution >= 4 is 11.8 Å². The van der Waals surface area contributed by atoms with Crippen molar-refractivity contribution in [2.75, 3.05) is 19.6 Å². The molecule has 104 valence electrons. The first-order chi connectivity index (χ1) is 9.08. The molecule has 0 heterocycles. The van der Waals surface area contributed by atoms with E-state index in [9.17, 15) is 14.0 Å². The predicted octanol–water partition coefficient (Wildman–Crippen LogP) is 1.81. The number of hydrogen-bond acceptors (Lipinski definition) is 2. The van der Waals surface area contributed by atoms with Gasteiger partial charge in [0.05, 0.1) is 0 Å². The standard InChI is InChI=1S/C14H19FN2O2/c1-3-17(4-2)13(18)9-10-16-14(19)11-5-7-12(15)8-6-11/h5-8H,3-4,9-10H2,1-2H3,(H,16,19). The highest BCUT2D eigenvalue weighted by atomic mass is 19.1. The van der Waals surface area contributed by atoms with Crippen molar-refractivity contribution in [3.63, 3.8) is 0 Å². The minimum atomic E-state index is -0.381. The number of hydrogen-bond donors (Lipinski definition) is 1. The average molecular weight is 266 g/mol. The highest BCUT2D eigenvalue weighted by Crippen LogP contribution is 2.02. The molecule has 0 aliphatic rings. The van der Waals surface area contributed by atoms with Crippen LogP contribution in [0.1, 0.15) is 30.6 Å². The van der Waals surface area contributed by atoms with Crippen LogP contribution in [0.25, 0.3) is 0 Å². The van der Waals surface area contributed by atoms with Crippen molar-refractivity contribution < 1.29 is 14.0 Å². The summed E-state index contributed by atoms with van der Waals surface area (Å²) in [6.45, 7) is 5.45. The van der Waals surface area contributed by atoms with Gasteiger partial charge in [-0.25, -0.2) is 4.39 Å². The van der Waals surface area contributed by atoms with Crippen molar-refractivity contribution in [3.8, 4) is 0 Å². The first-order valence-corrected chi connectivity index (χ1v) is 6.40. The lowest BCUT2D eigenvalue weighted by atomic mass is 10.2. The maximum atomic E-state index is 12.7. The Kier molecular flexibility index (Phi) is 5.99. The third kappa shape index (κ3) is 4.69. The van der Waals surface area contributed by atoms with Gasteiger partial charge in [0.1, 0.15) is 5.82 Å². The molecule has 0 saturated heterocycles. The largest absolute Gasteiger partial charge is 0.352 e. The first-order valence-electron chi connectivity index (χ1n) is 6.40. The van der Waals surface area contributed by atoms with Gasteiger partial charge in [-0.2, -0.15) is 0 Å². The molecular formula is C14H19FN2O2. The summed E-state index contributed by atoms with van der Waals surface area (Å²) in [5.41, 5.74) is 0.386. The zero-order valence-corrected chi connectivity index (χ0v) is 11.3. The molecule has 2 amide bonds. The van der Waals surface area contributed by atoms with Gasteiger partial charge in [0, 0.05) is 31.6 Å². The van der Waals surface area contributed by atoms with Gasteiger partial charge in [0.2, 0.25) is 5.91 Å². The number of rotatable bonds is 6. The maximum Gasteiger partial charge on any atom is 0.251 e. The van der Waals surface area contributed by atoms with Crippen molar-refractivity contribution in [2.24, 2.45) is 0 Å². The van der Waals surface area contributed by atoms with Crippen LogP contribution < -0.4 is 5.32 Å². The van der Waals surface area contributed by atoms with E-state index in [0.29, 0.717) is 18.7 Å². The molecule has 0 aliphatic carbocycles. The van der Waals surface area contributed by atoms with Gasteiger partial charge in [-0.05, 0) is 38.1 Å². The Balaban J connectivity index is 2.39. The summed E-state index contributed by atoms with van der Waals surface area (Å²) >= 11 is 0. The van der Waals surface area contributed by atoms with E-state index >= 15 is 0 Å². The Morgan fingerprint density at radius 3 is 2.26 bits per heavy atom. The van der Waals surface area contributed by atoms with Crippen LogP contribution >= 0.6 is 0 Å². The lowest BCUT2D eigenvalue weighted by Crippen LogP contribution is -2.34. The fourth-order valence-corrected chi connectivity index (χ4v) is 1.72. The first kappa shape index (κ1) is 15.1. The van der Waals surface area contributed by atoms with Gasteiger partial charge in [0.15, 0.2) is 0 Å². The molecule has 1 N–H and O–H groups in total. The maximum absolute atomic E-state index is 12.7. The molecule has 1 rings (SSSR count). The van der Waals surface area contributed by atoms with Gasteiger partial charge in [-0.15, -0.1) is 0 Å². The lowest BCUT2D eigenvalue weighted by Gasteiger charge is -2.18. The zero-order valence-electron chi connectivity index (χ0n) is 11.3. The van der Waals surface area contributed by atoms with Crippen LogP contribution in [0.4, 0.5) is 4.39 Å². The van der Waals surface area contributed by atoms with E-state index < -0.39 is 0 Å². The summed E-state index contributed by atoms with van der Waals surface area (Å²) in [5, 5.41) is 2.64. The molecule has 0 aromatic heterocycles. The van der Waals surface area contributed by atoms with Gasteiger partial charge in [-0.3, -0.25) is 9.59 Å². The minimum Gasteiger partial charge on any atom is -0.352 e. The van der Waals surface area contributed by atoms with Crippen molar-refractivity contribution in [1.29, 1.82) is 0 Å². The summed E-state index contributed by atoms with van der Waals surface area (Å²) in [6.07, 6.45) is 0.272. The second kappa shape index (κ2) is 7.51. The Bertz CT molecular complexity index is 428. The second-order valence-corrected chi connectivity index (χ2v) is 4.08. The Hall–Kier alpha value is -1.91. The number of nitrogens with zero attached hydrogens (tertiary/aromatic N) is 1. The number of halogens is 1. The Labute approximate surface area is 112 Å². The van der Waals surface area contributed by atoms with E-state index in [4.69, 9.17) is 0 Å². The zero-order chi connectivity index (χ0) is 14.3. The SMILES string of the molecule is CCN(CC)C(=O)CCNC(=O)c1ccc(F)cc1.